The molecule has 2 unspecified atom stereocenters. The molecule has 0 spiro atoms. The first-order chi connectivity index (χ1) is 11.8. The first-order valence-corrected chi connectivity index (χ1v) is 8.65. The second-order valence-corrected chi connectivity index (χ2v) is 7.55. The van der Waals surface area contributed by atoms with E-state index in [2.05, 4.69) is 11.4 Å². The number of hydrogen-bond donors (Lipinski definition) is 2. The Morgan fingerprint density at radius 1 is 1.16 bits per heavy atom. The summed E-state index contributed by atoms with van der Waals surface area (Å²) >= 11 is 0. The number of aliphatic hydroxyl groups is 1. The molecule has 1 aliphatic carbocycles. The smallest absolute Gasteiger partial charge is 0.407 e. The monoisotopic (exact) mass is 339 g/mol. The second-order valence-electron chi connectivity index (χ2n) is 7.55. The zero-order valence-corrected chi connectivity index (χ0v) is 15.0. The molecule has 2 aromatic carbocycles. The highest BCUT2D eigenvalue weighted by Gasteiger charge is 2.31. The number of amides is 1. The van der Waals surface area contributed by atoms with Gasteiger partial charge in [-0.2, -0.15) is 0 Å². The molecule has 1 amide bonds. The van der Waals surface area contributed by atoms with Crippen molar-refractivity contribution in [2.75, 3.05) is 0 Å². The van der Waals surface area contributed by atoms with Crippen molar-refractivity contribution >= 4 is 6.09 Å². The van der Waals surface area contributed by atoms with E-state index in [-0.39, 0.29) is 5.92 Å². The fourth-order valence-electron chi connectivity index (χ4n) is 3.25. The van der Waals surface area contributed by atoms with Crippen LogP contribution in [0.5, 0.6) is 0 Å². The minimum atomic E-state index is -0.498. The first kappa shape index (κ1) is 17.5. The summed E-state index contributed by atoms with van der Waals surface area (Å²) in [5.74, 6) is 0.0882. The van der Waals surface area contributed by atoms with E-state index < -0.39 is 17.8 Å². The molecule has 1 aliphatic rings. The molecule has 2 atom stereocenters. The van der Waals surface area contributed by atoms with E-state index in [4.69, 9.17) is 4.74 Å². The van der Waals surface area contributed by atoms with Crippen LogP contribution >= 0.6 is 0 Å². The lowest BCUT2D eigenvalue weighted by atomic mass is 9.93. The lowest BCUT2D eigenvalue weighted by Gasteiger charge is -2.20. The van der Waals surface area contributed by atoms with Gasteiger partial charge in [0.2, 0.25) is 0 Å². The van der Waals surface area contributed by atoms with Crippen molar-refractivity contribution in [1.29, 1.82) is 0 Å². The number of ether oxygens (including phenoxy) is 1. The van der Waals surface area contributed by atoms with Crippen molar-refractivity contribution < 1.29 is 14.6 Å². The molecule has 0 heterocycles. The Labute approximate surface area is 148 Å². The summed E-state index contributed by atoms with van der Waals surface area (Å²) < 4.78 is 5.23. The van der Waals surface area contributed by atoms with Gasteiger partial charge in [-0.15, -0.1) is 0 Å². The van der Waals surface area contributed by atoms with Gasteiger partial charge in [-0.1, -0.05) is 48.5 Å². The van der Waals surface area contributed by atoms with Crippen molar-refractivity contribution in [1.82, 2.24) is 5.32 Å². The van der Waals surface area contributed by atoms with Crippen LogP contribution in [0.15, 0.2) is 48.5 Å². The Hall–Kier alpha value is -2.33. The van der Waals surface area contributed by atoms with Crippen LogP contribution in [-0.4, -0.2) is 16.8 Å². The zero-order valence-electron chi connectivity index (χ0n) is 15.0. The topological polar surface area (TPSA) is 58.6 Å². The minimum absolute atomic E-state index is 0.0882. The van der Waals surface area contributed by atoms with E-state index in [1.807, 2.05) is 63.2 Å². The number of hydrogen-bond acceptors (Lipinski definition) is 3. The molecule has 2 aromatic rings. The summed E-state index contributed by atoms with van der Waals surface area (Å²) in [6.45, 7) is 5.94. The zero-order chi connectivity index (χ0) is 18.0. The van der Waals surface area contributed by atoms with Gasteiger partial charge in [0.05, 0.1) is 6.10 Å². The van der Waals surface area contributed by atoms with E-state index in [0.29, 0.717) is 6.54 Å². The second kappa shape index (κ2) is 6.89. The molecule has 0 aliphatic heterocycles. The molecule has 4 heteroatoms. The number of aliphatic hydroxyl groups excluding tert-OH is 1. The summed E-state index contributed by atoms with van der Waals surface area (Å²) in [6, 6.07) is 16.1. The van der Waals surface area contributed by atoms with Crippen molar-refractivity contribution in [2.24, 2.45) is 0 Å². The van der Waals surface area contributed by atoms with Gasteiger partial charge in [0.15, 0.2) is 0 Å². The summed E-state index contributed by atoms with van der Waals surface area (Å²) in [5, 5.41) is 13.3. The number of benzene rings is 2. The Kier molecular flexibility index (Phi) is 4.82. The predicted octanol–water partition coefficient (Wildman–Crippen LogP) is 4.08. The summed E-state index contributed by atoms with van der Waals surface area (Å²) in [6.07, 6.45) is -0.0208. The van der Waals surface area contributed by atoms with Gasteiger partial charge in [0, 0.05) is 12.5 Å². The normalized spacial score (nSPS) is 19.4. The molecule has 0 bridgehead atoms. The molecule has 25 heavy (non-hydrogen) atoms. The van der Waals surface area contributed by atoms with Crippen LogP contribution < -0.4 is 5.32 Å². The van der Waals surface area contributed by atoms with Crippen molar-refractivity contribution in [3.05, 3.63) is 70.8 Å². The molecular formula is C21H25NO3. The summed E-state index contributed by atoms with van der Waals surface area (Å²) in [5.41, 5.74) is 3.87. The van der Waals surface area contributed by atoms with Crippen molar-refractivity contribution in [3.8, 4) is 0 Å². The highest BCUT2D eigenvalue weighted by molar-refractivity contribution is 5.67. The van der Waals surface area contributed by atoms with Gasteiger partial charge in [0.25, 0.3) is 0 Å². The molecular weight excluding hydrogens is 314 g/mol. The van der Waals surface area contributed by atoms with Crippen LogP contribution in [0.25, 0.3) is 0 Å². The van der Waals surface area contributed by atoms with E-state index in [1.165, 1.54) is 5.56 Å². The van der Waals surface area contributed by atoms with Gasteiger partial charge in [-0.05, 0) is 49.4 Å². The Balaban J connectivity index is 1.61. The van der Waals surface area contributed by atoms with Crippen molar-refractivity contribution in [2.45, 2.75) is 51.4 Å². The number of alkyl carbamates (subject to hydrolysis) is 1. The third kappa shape index (κ3) is 4.20. The molecule has 0 fully saturated rings. The number of carbonyl (C=O) groups is 1. The summed E-state index contributed by atoms with van der Waals surface area (Å²) in [7, 11) is 0. The lowest BCUT2D eigenvalue weighted by Crippen LogP contribution is -2.32. The maximum Gasteiger partial charge on any atom is 0.407 e. The van der Waals surface area contributed by atoms with Crippen LogP contribution in [0.1, 0.15) is 55.0 Å². The van der Waals surface area contributed by atoms with Gasteiger partial charge < -0.3 is 15.2 Å². The average molecular weight is 339 g/mol. The van der Waals surface area contributed by atoms with Gasteiger partial charge in [0.1, 0.15) is 5.60 Å². The Morgan fingerprint density at radius 2 is 1.84 bits per heavy atom. The van der Waals surface area contributed by atoms with Crippen LogP contribution in [0.4, 0.5) is 4.79 Å². The van der Waals surface area contributed by atoms with E-state index in [0.717, 1.165) is 23.1 Å². The summed E-state index contributed by atoms with van der Waals surface area (Å²) in [4.78, 5) is 11.7. The number of rotatable bonds is 3. The van der Waals surface area contributed by atoms with Gasteiger partial charge >= 0.3 is 6.09 Å². The highest BCUT2D eigenvalue weighted by Crippen LogP contribution is 2.42. The third-order valence-corrected chi connectivity index (χ3v) is 4.44. The van der Waals surface area contributed by atoms with Gasteiger partial charge in [-0.3, -0.25) is 0 Å². The van der Waals surface area contributed by atoms with Crippen molar-refractivity contribution in [3.63, 3.8) is 0 Å². The molecule has 0 saturated carbocycles. The molecule has 0 aromatic heterocycles. The maximum absolute atomic E-state index is 11.7. The van der Waals surface area contributed by atoms with Crippen LogP contribution in [0, 0.1) is 0 Å². The largest absolute Gasteiger partial charge is 0.444 e. The Morgan fingerprint density at radius 3 is 2.48 bits per heavy atom. The lowest BCUT2D eigenvalue weighted by molar-refractivity contribution is 0.0523. The molecule has 3 rings (SSSR count). The first-order valence-electron chi connectivity index (χ1n) is 8.65. The third-order valence-electron chi connectivity index (χ3n) is 4.44. The molecule has 132 valence electrons. The minimum Gasteiger partial charge on any atom is -0.444 e. The SMILES string of the molecule is CC(C)(C)OC(=O)NCc1ccc(C2Cc3ccccc3C2O)cc1. The van der Waals surface area contributed by atoms with E-state index in [1.54, 1.807) is 0 Å². The quantitative estimate of drug-likeness (QED) is 0.886. The molecule has 2 N–H and O–H groups in total. The predicted molar refractivity (Wildman–Crippen MR) is 97.4 cm³/mol. The molecule has 4 nitrogen and oxygen atoms in total. The Bertz CT molecular complexity index is 746. The standard InChI is InChI=1S/C21H25NO3/c1-21(2,3)25-20(24)22-13-14-8-10-15(11-9-14)18-12-16-6-4-5-7-17(16)19(18)23/h4-11,18-19,23H,12-13H2,1-3H3,(H,22,24). The highest BCUT2D eigenvalue weighted by atomic mass is 16.6. The van der Waals surface area contributed by atoms with Crippen LogP contribution in [0.2, 0.25) is 0 Å². The average Bonchev–Trinajstić information content (AvgIpc) is 2.89. The van der Waals surface area contributed by atoms with Gasteiger partial charge in [-0.25, -0.2) is 4.79 Å². The fraction of sp³-hybridized carbons (Fsp3) is 0.381. The number of carbonyl (C=O) groups excluding carboxylic acids is 1. The maximum atomic E-state index is 11.7. The van der Waals surface area contributed by atoms with E-state index in [9.17, 15) is 9.90 Å². The number of nitrogens with one attached hydrogen (secondary N) is 1. The molecule has 0 radical (unpaired) electrons. The fourth-order valence-corrected chi connectivity index (χ4v) is 3.25. The molecule has 0 saturated heterocycles. The van der Waals surface area contributed by atoms with Crippen LogP contribution in [-0.2, 0) is 17.7 Å². The van der Waals surface area contributed by atoms with E-state index >= 15 is 0 Å². The number of fused-ring (bicyclic) bond motifs is 1. The van der Waals surface area contributed by atoms with Crippen LogP contribution in [0.3, 0.4) is 0 Å².